The number of para-hydroxylation sites is 1. The van der Waals surface area contributed by atoms with Gasteiger partial charge in [0.05, 0.1) is 18.3 Å². The zero-order valence-electron chi connectivity index (χ0n) is 16.7. The summed E-state index contributed by atoms with van der Waals surface area (Å²) in [6, 6.07) is 8.62. The first-order chi connectivity index (χ1) is 14.2. The number of thiazole rings is 1. The van der Waals surface area contributed by atoms with Crippen LogP contribution in [-0.2, 0) is 6.54 Å². The van der Waals surface area contributed by atoms with Gasteiger partial charge in [0.25, 0.3) is 0 Å². The third-order valence-corrected chi connectivity index (χ3v) is 6.68. The van der Waals surface area contributed by atoms with Gasteiger partial charge in [-0.1, -0.05) is 18.2 Å². The molecule has 29 heavy (non-hydrogen) atoms. The summed E-state index contributed by atoms with van der Waals surface area (Å²) in [6.07, 6.45) is 9.84. The van der Waals surface area contributed by atoms with E-state index in [-0.39, 0.29) is 11.6 Å². The Kier molecular flexibility index (Phi) is 4.91. The van der Waals surface area contributed by atoms with E-state index in [4.69, 9.17) is 9.73 Å². The maximum absolute atomic E-state index is 6.49. The second-order valence-electron chi connectivity index (χ2n) is 7.95. The van der Waals surface area contributed by atoms with E-state index in [0.717, 1.165) is 48.2 Å². The first kappa shape index (κ1) is 18.5. The highest BCUT2D eigenvalue weighted by Crippen LogP contribution is 2.46. The summed E-state index contributed by atoms with van der Waals surface area (Å²) in [6.45, 7) is 3.47. The van der Waals surface area contributed by atoms with Gasteiger partial charge in [0.2, 0.25) is 0 Å². The predicted molar refractivity (Wildman–Crippen MR) is 117 cm³/mol. The van der Waals surface area contributed by atoms with Gasteiger partial charge < -0.3 is 15.4 Å². The molecule has 0 saturated heterocycles. The van der Waals surface area contributed by atoms with E-state index in [1.54, 1.807) is 11.3 Å². The van der Waals surface area contributed by atoms with Crippen LogP contribution in [0.15, 0.2) is 47.0 Å². The minimum Gasteiger partial charge on any atom is -0.487 e. The van der Waals surface area contributed by atoms with Crippen molar-refractivity contribution in [2.24, 2.45) is 4.99 Å². The average molecular weight is 410 g/mol. The number of nitrogens with one attached hydrogen (secondary N) is 2. The van der Waals surface area contributed by atoms with Crippen LogP contribution in [0.25, 0.3) is 4.96 Å². The molecule has 152 valence electrons. The number of aromatic nitrogens is 2. The summed E-state index contributed by atoms with van der Waals surface area (Å²) in [5.41, 5.74) is 2.17. The highest BCUT2D eigenvalue weighted by Gasteiger charge is 2.43. The van der Waals surface area contributed by atoms with Crippen molar-refractivity contribution in [2.75, 3.05) is 6.54 Å². The second kappa shape index (κ2) is 7.71. The van der Waals surface area contributed by atoms with Gasteiger partial charge in [-0.2, -0.15) is 0 Å². The van der Waals surface area contributed by atoms with E-state index in [0.29, 0.717) is 6.54 Å². The van der Waals surface area contributed by atoms with E-state index >= 15 is 0 Å². The predicted octanol–water partition coefficient (Wildman–Crippen LogP) is 4.29. The van der Waals surface area contributed by atoms with Crippen molar-refractivity contribution >= 4 is 22.3 Å². The minimum absolute atomic E-state index is 0.0302. The number of hydrogen-bond acceptors (Lipinski definition) is 4. The Morgan fingerprint density at radius 2 is 2.21 bits per heavy atom. The molecule has 6 nitrogen and oxygen atoms in total. The summed E-state index contributed by atoms with van der Waals surface area (Å²) < 4.78 is 8.54. The van der Waals surface area contributed by atoms with Crippen molar-refractivity contribution in [1.82, 2.24) is 20.0 Å². The van der Waals surface area contributed by atoms with Crippen LogP contribution >= 0.6 is 11.3 Å². The molecule has 0 radical (unpaired) electrons. The van der Waals surface area contributed by atoms with Gasteiger partial charge in [-0.25, -0.2) is 9.98 Å². The highest BCUT2D eigenvalue weighted by atomic mass is 32.1. The van der Waals surface area contributed by atoms with Crippen LogP contribution in [-0.4, -0.2) is 27.5 Å². The normalized spacial score (nSPS) is 20.6. The van der Waals surface area contributed by atoms with Crippen molar-refractivity contribution in [3.63, 3.8) is 0 Å². The number of ether oxygens (including phenoxy) is 1. The highest BCUT2D eigenvalue weighted by molar-refractivity contribution is 7.15. The molecular formula is C22H27N5OS. The number of imidazole rings is 1. The van der Waals surface area contributed by atoms with E-state index in [1.807, 2.05) is 11.6 Å². The number of guanidine groups is 1. The van der Waals surface area contributed by atoms with Gasteiger partial charge in [0.15, 0.2) is 10.9 Å². The number of nitrogens with zero attached hydrogens (tertiary/aromatic N) is 3. The average Bonchev–Trinajstić information content (AvgIpc) is 3.43. The van der Waals surface area contributed by atoms with Crippen molar-refractivity contribution in [2.45, 2.75) is 57.2 Å². The fraction of sp³-hybridized carbons (Fsp3) is 0.455. The monoisotopic (exact) mass is 409 g/mol. The Morgan fingerprint density at radius 1 is 1.34 bits per heavy atom. The first-order valence-corrected chi connectivity index (χ1v) is 11.4. The molecule has 1 fully saturated rings. The molecule has 1 unspecified atom stereocenters. The Labute approximate surface area is 175 Å². The number of aliphatic imine (C=N–C) groups is 1. The van der Waals surface area contributed by atoms with Crippen LogP contribution < -0.4 is 15.4 Å². The number of hydrogen-bond donors (Lipinski definition) is 2. The minimum atomic E-state index is -0.0302. The number of fused-ring (bicyclic) bond motifs is 2. The Hall–Kier alpha value is -2.54. The zero-order chi connectivity index (χ0) is 19.7. The molecule has 1 aromatic carbocycles. The van der Waals surface area contributed by atoms with Crippen molar-refractivity contribution < 1.29 is 4.74 Å². The van der Waals surface area contributed by atoms with Crippen LogP contribution in [0.1, 0.15) is 56.3 Å². The number of rotatable bonds is 4. The molecule has 1 aliphatic heterocycles. The summed E-state index contributed by atoms with van der Waals surface area (Å²) >= 11 is 1.64. The van der Waals surface area contributed by atoms with Crippen molar-refractivity contribution in [3.8, 4) is 5.75 Å². The molecule has 3 heterocycles. The molecule has 1 atom stereocenters. The summed E-state index contributed by atoms with van der Waals surface area (Å²) in [5, 5.41) is 9.14. The summed E-state index contributed by atoms with van der Waals surface area (Å²) in [7, 11) is 0. The van der Waals surface area contributed by atoms with Gasteiger partial charge in [0.1, 0.15) is 11.4 Å². The van der Waals surface area contributed by atoms with Crippen molar-refractivity contribution in [1.29, 1.82) is 0 Å². The Balaban J connectivity index is 1.38. The van der Waals surface area contributed by atoms with E-state index in [9.17, 15) is 0 Å². The molecule has 2 aromatic heterocycles. The lowest BCUT2D eigenvalue weighted by molar-refractivity contribution is 0.0396. The van der Waals surface area contributed by atoms with Gasteiger partial charge >= 0.3 is 0 Å². The van der Waals surface area contributed by atoms with Crippen LogP contribution in [0.5, 0.6) is 5.75 Å². The van der Waals surface area contributed by atoms with E-state index in [2.05, 4.69) is 57.4 Å². The second-order valence-corrected chi connectivity index (χ2v) is 8.82. The van der Waals surface area contributed by atoms with Crippen molar-refractivity contribution in [3.05, 3.63) is 53.3 Å². The lowest BCUT2D eigenvalue weighted by Crippen LogP contribution is -2.46. The molecule has 1 aliphatic carbocycles. The molecular weight excluding hydrogens is 382 g/mol. The maximum atomic E-state index is 6.49. The molecule has 3 aromatic rings. The largest absolute Gasteiger partial charge is 0.487 e. The van der Waals surface area contributed by atoms with Crippen LogP contribution in [0.4, 0.5) is 0 Å². The standard InChI is InChI=1S/C22H27N5OS/c1-2-23-20(24-14-16-15-27-11-12-29-21(27)25-16)26-18-13-22(9-5-6-10-22)28-19-8-4-3-7-17(18)19/h3-4,7-8,11-12,15,18H,2,5-6,9-10,13-14H2,1H3,(H2,23,24,26). The maximum Gasteiger partial charge on any atom is 0.193 e. The van der Waals surface area contributed by atoms with Crippen LogP contribution in [0.3, 0.4) is 0 Å². The van der Waals surface area contributed by atoms with E-state index in [1.165, 1.54) is 18.4 Å². The smallest absolute Gasteiger partial charge is 0.193 e. The third-order valence-electron chi connectivity index (χ3n) is 5.91. The Morgan fingerprint density at radius 3 is 3.03 bits per heavy atom. The van der Waals surface area contributed by atoms with Crippen LogP contribution in [0.2, 0.25) is 0 Å². The third kappa shape index (κ3) is 3.71. The van der Waals surface area contributed by atoms with Gasteiger partial charge in [-0.3, -0.25) is 4.40 Å². The lowest BCUT2D eigenvalue weighted by Gasteiger charge is -2.40. The zero-order valence-corrected chi connectivity index (χ0v) is 17.5. The first-order valence-electron chi connectivity index (χ1n) is 10.5. The SMILES string of the molecule is CCNC(=NCc1cn2ccsc2n1)NC1CC2(CCCC2)Oc2ccccc21. The molecule has 1 saturated carbocycles. The Bertz CT molecular complexity index is 989. The van der Waals surface area contributed by atoms with E-state index < -0.39 is 0 Å². The summed E-state index contributed by atoms with van der Waals surface area (Å²) in [5.74, 6) is 1.85. The van der Waals surface area contributed by atoms with Gasteiger partial charge in [-0.15, -0.1) is 11.3 Å². The van der Waals surface area contributed by atoms with Crippen LogP contribution in [0, 0.1) is 0 Å². The topological polar surface area (TPSA) is 63.0 Å². The molecule has 1 spiro atoms. The molecule has 7 heteroatoms. The summed E-state index contributed by atoms with van der Waals surface area (Å²) in [4.78, 5) is 10.5. The fourth-order valence-electron chi connectivity index (χ4n) is 4.57. The lowest BCUT2D eigenvalue weighted by atomic mass is 9.86. The number of benzene rings is 1. The van der Waals surface area contributed by atoms with Gasteiger partial charge in [-0.05, 0) is 38.7 Å². The quantitative estimate of drug-likeness (QED) is 0.498. The fourth-order valence-corrected chi connectivity index (χ4v) is 5.29. The van der Waals surface area contributed by atoms with Gasteiger partial charge in [0, 0.05) is 36.3 Å². The molecule has 5 rings (SSSR count). The molecule has 0 amide bonds. The molecule has 0 bridgehead atoms. The molecule has 2 aliphatic rings. The molecule has 2 N–H and O–H groups in total.